The SMILES string of the molecule is CCOCCCNC(=O)CN1C(=O)NC(C(C)C)C1=O. The highest BCUT2D eigenvalue weighted by Crippen LogP contribution is 2.13. The summed E-state index contributed by atoms with van der Waals surface area (Å²) < 4.78 is 5.14. The van der Waals surface area contributed by atoms with Crippen molar-refractivity contribution < 1.29 is 19.1 Å². The van der Waals surface area contributed by atoms with Gasteiger partial charge in [0.25, 0.3) is 5.91 Å². The Morgan fingerprint density at radius 3 is 2.70 bits per heavy atom. The Bertz CT molecular complexity index is 371. The molecule has 2 N–H and O–H groups in total. The molecule has 1 aliphatic heterocycles. The van der Waals surface area contributed by atoms with Crippen molar-refractivity contribution in [2.45, 2.75) is 33.2 Å². The van der Waals surface area contributed by atoms with Crippen molar-refractivity contribution >= 4 is 17.8 Å². The van der Waals surface area contributed by atoms with Crippen LogP contribution in [0.15, 0.2) is 0 Å². The normalized spacial score (nSPS) is 18.6. The number of carbonyl (C=O) groups is 3. The van der Waals surface area contributed by atoms with Crippen molar-refractivity contribution in [2.24, 2.45) is 5.92 Å². The maximum Gasteiger partial charge on any atom is 0.325 e. The van der Waals surface area contributed by atoms with E-state index in [1.807, 2.05) is 20.8 Å². The number of carbonyl (C=O) groups excluding carboxylic acids is 3. The second-order valence-electron chi connectivity index (χ2n) is 5.00. The Balaban J connectivity index is 2.34. The maximum atomic E-state index is 12.0. The molecule has 1 atom stereocenters. The molecule has 4 amide bonds. The molecule has 0 spiro atoms. The van der Waals surface area contributed by atoms with Crippen LogP contribution in [0.25, 0.3) is 0 Å². The van der Waals surface area contributed by atoms with E-state index in [1.165, 1.54) is 0 Å². The van der Waals surface area contributed by atoms with Crippen LogP contribution >= 0.6 is 0 Å². The van der Waals surface area contributed by atoms with Crippen LogP contribution in [0.3, 0.4) is 0 Å². The van der Waals surface area contributed by atoms with E-state index < -0.39 is 12.1 Å². The van der Waals surface area contributed by atoms with Gasteiger partial charge in [0.1, 0.15) is 12.6 Å². The molecule has 0 bridgehead atoms. The predicted molar refractivity (Wildman–Crippen MR) is 73.0 cm³/mol. The molecular formula is C13H23N3O4. The Hall–Kier alpha value is -1.63. The predicted octanol–water partition coefficient (Wildman–Crippen LogP) is 0.106. The Labute approximate surface area is 119 Å². The van der Waals surface area contributed by atoms with E-state index in [9.17, 15) is 14.4 Å². The van der Waals surface area contributed by atoms with Gasteiger partial charge in [-0.3, -0.25) is 14.5 Å². The van der Waals surface area contributed by atoms with E-state index in [0.29, 0.717) is 26.2 Å². The van der Waals surface area contributed by atoms with Crippen molar-refractivity contribution in [2.75, 3.05) is 26.3 Å². The van der Waals surface area contributed by atoms with Gasteiger partial charge < -0.3 is 15.4 Å². The van der Waals surface area contributed by atoms with Gasteiger partial charge in [-0.1, -0.05) is 13.8 Å². The smallest absolute Gasteiger partial charge is 0.325 e. The number of hydrogen-bond donors (Lipinski definition) is 2. The van der Waals surface area contributed by atoms with Gasteiger partial charge in [0, 0.05) is 19.8 Å². The molecule has 1 fully saturated rings. The maximum absolute atomic E-state index is 12.0. The molecule has 0 aromatic carbocycles. The van der Waals surface area contributed by atoms with E-state index in [1.54, 1.807) is 0 Å². The first-order valence-corrected chi connectivity index (χ1v) is 6.93. The van der Waals surface area contributed by atoms with Gasteiger partial charge in [-0.2, -0.15) is 0 Å². The number of amides is 4. The number of urea groups is 1. The number of hydrogen-bond acceptors (Lipinski definition) is 4. The van der Waals surface area contributed by atoms with E-state index in [0.717, 1.165) is 4.90 Å². The molecule has 0 radical (unpaired) electrons. The molecule has 0 saturated carbocycles. The summed E-state index contributed by atoms with van der Waals surface area (Å²) in [5.74, 6) is -0.672. The number of ether oxygens (including phenoxy) is 1. The molecule has 1 rings (SSSR count). The summed E-state index contributed by atoms with van der Waals surface area (Å²) in [7, 11) is 0. The van der Waals surface area contributed by atoms with Crippen molar-refractivity contribution in [3.8, 4) is 0 Å². The Morgan fingerprint density at radius 1 is 1.45 bits per heavy atom. The summed E-state index contributed by atoms with van der Waals surface area (Å²) in [4.78, 5) is 36.2. The largest absolute Gasteiger partial charge is 0.382 e. The zero-order chi connectivity index (χ0) is 15.1. The zero-order valence-electron chi connectivity index (χ0n) is 12.3. The Kier molecular flexibility index (Phi) is 6.44. The van der Waals surface area contributed by atoms with Crippen LogP contribution in [0, 0.1) is 5.92 Å². The lowest BCUT2D eigenvalue weighted by molar-refractivity contribution is -0.132. The molecule has 20 heavy (non-hydrogen) atoms. The third-order valence-corrected chi connectivity index (χ3v) is 3.02. The summed E-state index contributed by atoms with van der Waals surface area (Å²) in [6.07, 6.45) is 0.703. The van der Waals surface area contributed by atoms with Crippen LogP contribution in [-0.4, -0.2) is 55.1 Å². The van der Waals surface area contributed by atoms with Gasteiger partial charge in [0.05, 0.1) is 0 Å². The average Bonchev–Trinajstić information content (AvgIpc) is 2.66. The molecular weight excluding hydrogens is 262 g/mol. The minimum atomic E-state index is -0.534. The third kappa shape index (κ3) is 4.48. The molecule has 0 aliphatic carbocycles. The van der Waals surface area contributed by atoms with E-state index in [-0.39, 0.29) is 24.3 Å². The number of imide groups is 1. The van der Waals surface area contributed by atoms with Gasteiger partial charge in [0.2, 0.25) is 5.91 Å². The van der Waals surface area contributed by atoms with Crippen LogP contribution in [0.1, 0.15) is 27.2 Å². The second-order valence-corrected chi connectivity index (χ2v) is 5.00. The van der Waals surface area contributed by atoms with E-state index in [2.05, 4.69) is 10.6 Å². The fourth-order valence-corrected chi connectivity index (χ4v) is 1.89. The summed E-state index contributed by atoms with van der Waals surface area (Å²) in [6, 6.07) is -1.04. The summed E-state index contributed by atoms with van der Waals surface area (Å²) in [5, 5.41) is 5.24. The highest BCUT2D eigenvalue weighted by molar-refractivity contribution is 6.06. The van der Waals surface area contributed by atoms with E-state index in [4.69, 9.17) is 4.74 Å². The van der Waals surface area contributed by atoms with Gasteiger partial charge in [0.15, 0.2) is 0 Å². The lowest BCUT2D eigenvalue weighted by atomic mass is 10.1. The highest BCUT2D eigenvalue weighted by atomic mass is 16.5. The summed E-state index contributed by atoms with van der Waals surface area (Å²) in [5.41, 5.74) is 0. The fourth-order valence-electron chi connectivity index (χ4n) is 1.89. The lowest BCUT2D eigenvalue weighted by Gasteiger charge is -2.14. The van der Waals surface area contributed by atoms with Crippen LogP contribution in [0.5, 0.6) is 0 Å². The summed E-state index contributed by atoms with van der Waals surface area (Å²) in [6.45, 7) is 7.06. The molecule has 7 nitrogen and oxygen atoms in total. The van der Waals surface area contributed by atoms with Crippen molar-refractivity contribution in [1.29, 1.82) is 0 Å². The van der Waals surface area contributed by atoms with Crippen molar-refractivity contribution in [1.82, 2.24) is 15.5 Å². The molecule has 1 aliphatic rings. The Morgan fingerprint density at radius 2 is 2.15 bits per heavy atom. The van der Waals surface area contributed by atoms with E-state index >= 15 is 0 Å². The number of rotatable bonds is 8. The van der Waals surface area contributed by atoms with Gasteiger partial charge in [-0.25, -0.2) is 4.79 Å². The zero-order valence-corrected chi connectivity index (χ0v) is 12.3. The standard InChI is InChI=1S/C13H23N3O4/c1-4-20-7-5-6-14-10(17)8-16-12(18)11(9(2)3)15-13(16)19/h9,11H,4-8H2,1-3H3,(H,14,17)(H,15,19). The first kappa shape index (κ1) is 16.4. The van der Waals surface area contributed by atoms with Crippen LogP contribution in [0.2, 0.25) is 0 Å². The molecule has 1 unspecified atom stereocenters. The van der Waals surface area contributed by atoms with Gasteiger partial charge in [-0.05, 0) is 19.3 Å². The molecule has 1 saturated heterocycles. The van der Waals surface area contributed by atoms with Crippen LogP contribution in [0.4, 0.5) is 4.79 Å². The summed E-state index contributed by atoms with van der Waals surface area (Å²) >= 11 is 0. The lowest BCUT2D eigenvalue weighted by Crippen LogP contribution is -2.41. The van der Waals surface area contributed by atoms with Gasteiger partial charge >= 0.3 is 6.03 Å². The monoisotopic (exact) mass is 285 g/mol. The second kappa shape index (κ2) is 7.84. The first-order chi connectivity index (χ1) is 9.47. The first-order valence-electron chi connectivity index (χ1n) is 6.93. The molecule has 1 heterocycles. The molecule has 7 heteroatoms. The average molecular weight is 285 g/mol. The minimum Gasteiger partial charge on any atom is -0.382 e. The topological polar surface area (TPSA) is 87.7 Å². The molecule has 0 aromatic heterocycles. The highest BCUT2D eigenvalue weighted by Gasteiger charge is 2.40. The van der Waals surface area contributed by atoms with Crippen molar-refractivity contribution in [3.63, 3.8) is 0 Å². The van der Waals surface area contributed by atoms with Crippen molar-refractivity contribution in [3.05, 3.63) is 0 Å². The number of nitrogens with zero attached hydrogens (tertiary/aromatic N) is 1. The minimum absolute atomic E-state index is 0.00528. The third-order valence-electron chi connectivity index (χ3n) is 3.02. The van der Waals surface area contributed by atoms with Gasteiger partial charge in [-0.15, -0.1) is 0 Å². The molecule has 114 valence electrons. The quantitative estimate of drug-likeness (QED) is 0.489. The fraction of sp³-hybridized carbons (Fsp3) is 0.769. The molecule has 0 aromatic rings. The van der Waals surface area contributed by atoms with Crippen LogP contribution in [-0.2, 0) is 14.3 Å². The van der Waals surface area contributed by atoms with Crippen LogP contribution < -0.4 is 10.6 Å². The number of nitrogens with one attached hydrogen (secondary N) is 2.